The Morgan fingerprint density at radius 2 is 2.20 bits per heavy atom. The van der Waals surface area contributed by atoms with Crippen LogP contribution in [0.4, 0.5) is 14.5 Å². The molecule has 1 rings (SSSR count). The molecule has 5 nitrogen and oxygen atoms in total. The molecule has 0 aliphatic heterocycles. The highest BCUT2D eigenvalue weighted by Gasteiger charge is 2.18. The Balaban J connectivity index is 3.16. The summed E-state index contributed by atoms with van der Waals surface area (Å²) in [5.41, 5.74) is -0.655. The third-order valence-corrected chi connectivity index (χ3v) is 1.50. The first-order chi connectivity index (χ1) is 7.04. The van der Waals surface area contributed by atoms with Gasteiger partial charge in [0, 0.05) is 6.07 Å². The molecule has 15 heavy (non-hydrogen) atoms. The summed E-state index contributed by atoms with van der Waals surface area (Å²) in [6.07, 6.45) is 0. The fraction of sp³-hybridized carbons (Fsp3) is 0.125. The number of hydrogen-bond donors (Lipinski definition) is 0. The van der Waals surface area contributed by atoms with Crippen LogP contribution in [-0.4, -0.2) is 11.5 Å². The summed E-state index contributed by atoms with van der Waals surface area (Å²) in [4.78, 5) is 9.55. The third-order valence-electron chi connectivity index (χ3n) is 1.50. The smallest absolute Gasteiger partial charge is 0.387 e. The first-order valence-electron chi connectivity index (χ1n) is 3.68. The van der Waals surface area contributed by atoms with Gasteiger partial charge in [0.05, 0.1) is 16.6 Å². The van der Waals surface area contributed by atoms with Crippen molar-refractivity contribution in [2.45, 2.75) is 6.61 Å². The van der Waals surface area contributed by atoms with Gasteiger partial charge in [-0.05, 0) is 12.1 Å². The van der Waals surface area contributed by atoms with Crippen LogP contribution in [0.15, 0.2) is 18.2 Å². The molecule has 0 spiro atoms. The maximum Gasteiger partial charge on any atom is 0.387 e. The van der Waals surface area contributed by atoms with Crippen molar-refractivity contribution in [3.8, 4) is 11.8 Å². The van der Waals surface area contributed by atoms with E-state index in [1.54, 1.807) is 6.07 Å². The fourth-order valence-corrected chi connectivity index (χ4v) is 0.925. The predicted molar refractivity (Wildman–Crippen MR) is 44.4 cm³/mol. The summed E-state index contributed by atoms with van der Waals surface area (Å²) in [6, 6.07) is 4.65. The van der Waals surface area contributed by atoms with Crippen molar-refractivity contribution in [1.29, 1.82) is 5.26 Å². The highest BCUT2D eigenvalue weighted by molar-refractivity contribution is 5.51. The maximum atomic E-state index is 11.8. The lowest BCUT2D eigenvalue weighted by molar-refractivity contribution is -0.386. The highest BCUT2D eigenvalue weighted by atomic mass is 19.3. The molecule has 0 radical (unpaired) electrons. The number of nitriles is 1. The van der Waals surface area contributed by atoms with Gasteiger partial charge in [0.2, 0.25) is 5.75 Å². The van der Waals surface area contributed by atoms with Crippen molar-refractivity contribution in [2.75, 3.05) is 0 Å². The highest BCUT2D eigenvalue weighted by Crippen LogP contribution is 2.28. The Bertz CT molecular complexity index is 428. The Kier molecular flexibility index (Phi) is 3.13. The van der Waals surface area contributed by atoms with E-state index in [2.05, 4.69) is 4.74 Å². The summed E-state index contributed by atoms with van der Waals surface area (Å²) >= 11 is 0. The number of alkyl halides is 2. The Morgan fingerprint density at radius 1 is 1.53 bits per heavy atom. The molecule has 0 aliphatic carbocycles. The standard InChI is InChI=1S/C8H4F2N2O3/c9-8(10)15-7-2-1-5(4-11)3-6(7)12(13)14/h1-3,8H. The Morgan fingerprint density at radius 3 is 2.67 bits per heavy atom. The molecule has 0 unspecified atom stereocenters. The topological polar surface area (TPSA) is 76.2 Å². The lowest BCUT2D eigenvalue weighted by Gasteiger charge is -2.04. The molecule has 0 fully saturated rings. The van der Waals surface area contributed by atoms with Gasteiger partial charge in [-0.1, -0.05) is 0 Å². The Hall–Kier alpha value is -2.23. The average molecular weight is 214 g/mol. The molecule has 0 bridgehead atoms. The second-order valence-electron chi connectivity index (χ2n) is 2.43. The van der Waals surface area contributed by atoms with E-state index >= 15 is 0 Å². The minimum atomic E-state index is -3.14. The largest absolute Gasteiger partial charge is 0.427 e. The zero-order chi connectivity index (χ0) is 11.4. The van der Waals surface area contributed by atoms with Crippen LogP contribution in [0.5, 0.6) is 5.75 Å². The molecule has 0 aromatic heterocycles. The van der Waals surface area contributed by atoms with E-state index in [0.29, 0.717) is 0 Å². The van der Waals surface area contributed by atoms with Gasteiger partial charge in [-0.15, -0.1) is 0 Å². The van der Waals surface area contributed by atoms with E-state index in [9.17, 15) is 18.9 Å². The minimum absolute atomic E-state index is 0.00307. The fourth-order valence-electron chi connectivity index (χ4n) is 0.925. The van der Waals surface area contributed by atoms with Crippen LogP contribution >= 0.6 is 0 Å². The van der Waals surface area contributed by atoms with Gasteiger partial charge >= 0.3 is 12.3 Å². The molecule has 0 N–H and O–H groups in total. The molecule has 0 atom stereocenters. The number of benzene rings is 1. The van der Waals surface area contributed by atoms with Crippen LogP contribution < -0.4 is 4.74 Å². The summed E-state index contributed by atoms with van der Waals surface area (Å²) in [5.74, 6) is -0.561. The number of halogens is 2. The lowest BCUT2D eigenvalue weighted by Crippen LogP contribution is -2.04. The van der Waals surface area contributed by atoms with Gasteiger partial charge in [-0.2, -0.15) is 14.0 Å². The first kappa shape index (κ1) is 10.8. The number of ether oxygens (including phenoxy) is 1. The maximum absolute atomic E-state index is 11.8. The number of nitro benzene ring substituents is 1. The molecule has 0 aliphatic rings. The third kappa shape index (κ3) is 2.60. The lowest BCUT2D eigenvalue weighted by atomic mass is 10.2. The van der Waals surface area contributed by atoms with Crippen LogP contribution in [0.1, 0.15) is 5.56 Å². The summed E-state index contributed by atoms with van der Waals surface area (Å²) in [6.45, 7) is -3.14. The van der Waals surface area contributed by atoms with Crippen LogP contribution in [0.25, 0.3) is 0 Å². The van der Waals surface area contributed by atoms with E-state index in [1.807, 2.05) is 0 Å². The second-order valence-corrected chi connectivity index (χ2v) is 2.43. The molecule has 0 saturated carbocycles. The molecule has 0 saturated heterocycles. The normalized spacial score (nSPS) is 9.73. The van der Waals surface area contributed by atoms with Gasteiger partial charge in [-0.3, -0.25) is 10.1 Å². The summed E-state index contributed by atoms with van der Waals surface area (Å²) < 4.78 is 27.6. The molecule has 78 valence electrons. The van der Waals surface area contributed by atoms with Crippen molar-refractivity contribution >= 4 is 5.69 Å². The van der Waals surface area contributed by atoms with Crippen molar-refractivity contribution in [1.82, 2.24) is 0 Å². The van der Waals surface area contributed by atoms with Crippen LogP contribution in [-0.2, 0) is 0 Å². The quantitative estimate of drug-likeness (QED) is 0.570. The van der Waals surface area contributed by atoms with Crippen LogP contribution in [0.3, 0.4) is 0 Å². The van der Waals surface area contributed by atoms with E-state index in [4.69, 9.17) is 5.26 Å². The van der Waals surface area contributed by atoms with Crippen molar-refractivity contribution in [3.05, 3.63) is 33.9 Å². The monoisotopic (exact) mass is 214 g/mol. The zero-order valence-electron chi connectivity index (χ0n) is 7.18. The molecule has 1 aromatic carbocycles. The van der Waals surface area contributed by atoms with Crippen LogP contribution in [0.2, 0.25) is 0 Å². The van der Waals surface area contributed by atoms with Gasteiger partial charge in [0.1, 0.15) is 0 Å². The molecule has 0 heterocycles. The minimum Gasteiger partial charge on any atom is -0.427 e. The zero-order valence-corrected chi connectivity index (χ0v) is 7.18. The van der Waals surface area contributed by atoms with Crippen LogP contribution in [0, 0.1) is 21.4 Å². The van der Waals surface area contributed by atoms with Gasteiger partial charge in [0.25, 0.3) is 0 Å². The Labute approximate surface area is 82.7 Å². The van der Waals surface area contributed by atoms with E-state index in [1.165, 1.54) is 0 Å². The second kappa shape index (κ2) is 4.32. The van der Waals surface area contributed by atoms with Gasteiger partial charge in [0.15, 0.2) is 0 Å². The molecular formula is C8H4F2N2O3. The van der Waals surface area contributed by atoms with Crippen molar-refractivity contribution in [3.63, 3.8) is 0 Å². The van der Waals surface area contributed by atoms with Crippen molar-refractivity contribution in [2.24, 2.45) is 0 Å². The summed E-state index contributed by atoms with van der Waals surface area (Å²) in [7, 11) is 0. The van der Waals surface area contributed by atoms with Gasteiger partial charge in [-0.25, -0.2) is 0 Å². The SMILES string of the molecule is N#Cc1ccc(OC(F)F)c([N+](=O)[O-])c1. The number of nitrogens with zero attached hydrogens (tertiary/aromatic N) is 2. The number of rotatable bonds is 3. The molecular weight excluding hydrogens is 210 g/mol. The first-order valence-corrected chi connectivity index (χ1v) is 3.68. The number of hydrogen-bond acceptors (Lipinski definition) is 4. The average Bonchev–Trinajstić information content (AvgIpc) is 2.17. The van der Waals surface area contributed by atoms with Crippen molar-refractivity contribution < 1.29 is 18.4 Å². The predicted octanol–water partition coefficient (Wildman–Crippen LogP) is 2.07. The van der Waals surface area contributed by atoms with Gasteiger partial charge < -0.3 is 4.74 Å². The van der Waals surface area contributed by atoms with E-state index in [0.717, 1.165) is 18.2 Å². The van der Waals surface area contributed by atoms with E-state index in [-0.39, 0.29) is 5.56 Å². The summed E-state index contributed by atoms with van der Waals surface area (Å²) in [5, 5.41) is 18.9. The molecule has 7 heteroatoms. The van der Waals surface area contributed by atoms with E-state index < -0.39 is 23.0 Å². The molecule has 1 aromatic rings. The molecule has 0 amide bonds. The number of nitro groups is 1.